The molecule has 0 aromatic heterocycles. The van der Waals surface area contributed by atoms with Crippen molar-refractivity contribution in [1.82, 2.24) is 0 Å². The lowest BCUT2D eigenvalue weighted by molar-refractivity contribution is -0.147. The van der Waals surface area contributed by atoms with E-state index in [4.69, 9.17) is 5.73 Å². The number of carbonyl (C=O) groups excluding carboxylic acids is 3. The number of hydrogen-bond acceptors (Lipinski definition) is 7. The first kappa shape index (κ1) is 24.8. The van der Waals surface area contributed by atoms with Crippen molar-refractivity contribution in [1.29, 1.82) is 0 Å². The largest absolute Gasteiger partial charge is 0.508 e. The Bertz CT molecular complexity index is 1450. The number of fused-ring (bicyclic) bond motifs is 3. The molecule has 3 aliphatic rings. The zero-order chi connectivity index (χ0) is 27.0. The molecular weight excluding hydrogens is 474 g/mol. The smallest absolute Gasteiger partial charge is 0.255 e. The van der Waals surface area contributed by atoms with Gasteiger partial charge in [-0.15, -0.1) is 0 Å². The van der Waals surface area contributed by atoms with Crippen molar-refractivity contribution >= 4 is 23.2 Å². The van der Waals surface area contributed by atoms with Gasteiger partial charge in [0, 0.05) is 17.9 Å². The van der Waals surface area contributed by atoms with E-state index in [1.165, 1.54) is 5.56 Å². The highest BCUT2D eigenvalue weighted by atomic mass is 16.3. The van der Waals surface area contributed by atoms with E-state index in [2.05, 4.69) is 13.8 Å². The van der Waals surface area contributed by atoms with Crippen LogP contribution in [0.3, 0.4) is 0 Å². The average molecular weight is 504 g/mol. The number of benzene rings is 2. The first-order valence-electron chi connectivity index (χ1n) is 12.3. The summed E-state index contributed by atoms with van der Waals surface area (Å²) in [4.78, 5) is 38.0. The minimum absolute atomic E-state index is 0.100. The van der Waals surface area contributed by atoms with E-state index in [0.717, 1.165) is 11.1 Å². The summed E-state index contributed by atoms with van der Waals surface area (Å²) in [5.41, 5.74) is 5.85. The molecule has 1 saturated carbocycles. The minimum atomic E-state index is -2.56. The van der Waals surface area contributed by atoms with Gasteiger partial charge in [0.2, 0.25) is 5.78 Å². The maximum absolute atomic E-state index is 13.7. The molecule has 3 atom stereocenters. The predicted molar refractivity (Wildman–Crippen MR) is 136 cm³/mol. The molecule has 8 nitrogen and oxygen atoms in total. The second-order valence-corrected chi connectivity index (χ2v) is 10.6. The number of phenolic OH excluding ortho intramolecular Hbond substituents is 1. The van der Waals surface area contributed by atoms with Crippen molar-refractivity contribution < 1.29 is 34.8 Å². The van der Waals surface area contributed by atoms with Crippen LogP contribution in [0.5, 0.6) is 5.75 Å². The van der Waals surface area contributed by atoms with Gasteiger partial charge in [0.1, 0.15) is 22.8 Å². The third kappa shape index (κ3) is 3.43. The first-order chi connectivity index (χ1) is 17.4. The lowest BCUT2D eigenvalue weighted by atomic mass is 9.59. The zero-order valence-electron chi connectivity index (χ0n) is 20.8. The van der Waals surface area contributed by atoms with Gasteiger partial charge in [0.05, 0.1) is 5.56 Å². The Hall–Kier alpha value is -3.91. The van der Waals surface area contributed by atoms with E-state index in [1.807, 2.05) is 30.3 Å². The van der Waals surface area contributed by atoms with E-state index in [0.29, 0.717) is 17.0 Å². The summed E-state index contributed by atoms with van der Waals surface area (Å²) < 4.78 is 0. The number of aryl methyl sites for hydroxylation is 1. The van der Waals surface area contributed by atoms with Gasteiger partial charge < -0.3 is 26.2 Å². The number of phenols is 1. The molecule has 0 heterocycles. The number of ketones is 2. The summed E-state index contributed by atoms with van der Waals surface area (Å²) in [6, 6.07) is 9.87. The van der Waals surface area contributed by atoms with E-state index < -0.39 is 52.0 Å². The Balaban J connectivity index is 1.70. The van der Waals surface area contributed by atoms with Gasteiger partial charge in [-0.3, -0.25) is 14.4 Å². The third-order valence-corrected chi connectivity index (χ3v) is 8.14. The molecule has 2 aromatic rings. The van der Waals surface area contributed by atoms with Gasteiger partial charge in [-0.1, -0.05) is 38.1 Å². The number of rotatable bonds is 3. The molecular formula is C29H29NO7. The molecule has 192 valence electrons. The standard InChI is InChI=1S/C29H29NO7/c1-12(2)14-4-6-15(7-5-14)18-8-13(3)24(32)22-19(18)10-16-9-17-11-20(31)23(28(30)36)27(35)29(17,37)26(34)21(16)25(22)33/h4-8,12,16-17,32-33,35,37H,9-11H2,1-3H3,(H2,30,36)/t16-,17+,29+/m1/s1. The highest BCUT2D eigenvalue weighted by Gasteiger charge is 2.60. The van der Waals surface area contributed by atoms with E-state index in [1.54, 1.807) is 6.92 Å². The van der Waals surface area contributed by atoms with Crippen LogP contribution in [0.4, 0.5) is 0 Å². The Labute approximate surface area is 213 Å². The Kier molecular flexibility index (Phi) is 5.56. The molecule has 8 heteroatoms. The number of carbonyl (C=O) groups is 3. The van der Waals surface area contributed by atoms with Crippen LogP contribution >= 0.6 is 0 Å². The molecule has 1 amide bonds. The van der Waals surface area contributed by atoms with Crippen LogP contribution in [0.2, 0.25) is 0 Å². The maximum atomic E-state index is 13.7. The van der Waals surface area contributed by atoms with Gasteiger partial charge >= 0.3 is 0 Å². The molecule has 0 spiro atoms. The van der Waals surface area contributed by atoms with Crippen LogP contribution in [-0.4, -0.2) is 43.5 Å². The number of Topliss-reactive ketones (excluding diaryl/α,β-unsaturated/α-hetero) is 2. The topological polar surface area (TPSA) is 158 Å². The summed E-state index contributed by atoms with van der Waals surface area (Å²) in [6.07, 6.45) is 0.0252. The molecule has 6 N–H and O–H groups in total. The average Bonchev–Trinajstić information content (AvgIpc) is 2.83. The monoisotopic (exact) mass is 503 g/mol. The fraction of sp³-hybridized carbons (Fsp3) is 0.345. The quantitative estimate of drug-likeness (QED) is 0.401. The summed E-state index contributed by atoms with van der Waals surface area (Å²) in [5.74, 6) is -5.92. The number of aromatic hydroxyl groups is 1. The molecule has 1 fully saturated rings. The number of nitrogens with two attached hydrogens (primary N) is 1. The Morgan fingerprint density at radius 1 is 1.08 bits per heavy atom. The highest BCUT2D eigenvalue weighted by molar-refractivity contribution is 6.22. The van der Waals surface area contributed by atoms with Crippen LogP contribution in [0, 0.1) is 18.8 Å². The van der Waals surface area contributed by atoms with E-state index in [9.17, 15) is 34.8 Å². The second kappa shape index (κ2) is 8.31. The van der Waals surface area contributed by atoms with Crippen molar-refractivity contribution in [2.75, 3.05) is 0 Å². The van der Waals surface area contributed by atoms with Crippen molar-refractivity contribution in [3.05, 3.63) is 69.5 Å². The van der Waals surface area contributed by atoms with Crippen molar-refractivity contribution in [2.45, 2.75) is 51.6 Å². The first-order valence-corrected chi connectivity index (χ1v) is 12.3. The SMILES string of the molecule is Cc1cc(-c2ccc(C(C)C)cc2)c2c(c1O)C(O)=C1C(=O)[C@]3(O)C(O)=C(C(N)=O)C(=O)C[C@@H]3C[C@@H]1C2. The molecule has 0 unspecified atom stereocenters. The van der Waals surface area contributed by atoms with E-state index in [-0.39, 0.29) is 36.1 Å². The molecule has 3 aliphatic carbocycles. The highest BCUT2D eigenvalue weighted by Crippen LogP contribution is 2.53. The van der Waals surface area contributed by atoms with Gasteiger partial charge in [0.15, 0.2) is 11.4 Å². The molecule has 0 bridgehead atoms. The second-order valence-electron chi connectivity index (χ2n) is 10.6. The van der Waals surface area contributed by atoms with Crippen LogP contribution < -0.4 is 5.73 Å². The molecule has 2 aromatic carbocycles. The lowest BCUT2D eigenvalue weighted by Gasteiger charge is -2.46. The maximum Gasteiger partial charge on any atom is 0.255 e. The Morgan fingerprint density at radius 2 is 1.73 bits per heavy atom. The normalized spacial score (nSPS) is 25.2. The molecule has 37 heavy (non-hydrogen) atoms. The molecule has 0 radical (unpaired) electrons. The van der Waals surface area contributed by atoms with Crippen molar-refractivity contribution in [2.24, 2.45) is 17.6 Å². The molecule has 0 aliphatic heterocycles. The fourth-order valence-corrected chi connectivity index (χ4v) is 6.13. The number of aliphatic hydroxyl groups is 3. The number of hydrogen-bond donors (Lipinski definition) is 5. The van der Waals surface area contributed by atoms with Gasteiger partial charge in [0.25, 0.3) is 5.91 Å². The molecule has 0 saturated heterocycles. The van der Waals surface area contributed by atoms with Gasteiger partial charge in [-0.2, -0.15) is 0 Å². The minimum Gasteiger partial charge on any atom is -0.508 e. The van der Waals surface area contributed by atoms with Crippen molar-refractivity contribution in [3.8, 4) is 16.9 Å². The summed E-state index contributed by atoms with van der Waals surface area (Å²) in [7, 11) is 0. The predicted octanol–water partition coefficient (Wildman–Crippen LogP) is 3.52. The van der Waals surface area contributed by atoms with Crippen LogP contribution in [0.1, 0.15) is 54.9 Å². The third-order valence-electron chi connectivity index (χ3n) is 8.14. The molecule has 5 rings (SSSR count). The zero-order valence-corrected chi connectivity index (χ0v) is 20.8. The van der Waals surface area contributed by atoms with Gasteiger partial charge in [-0.25, -0.2) is 0 Å². The van der Waals surface area contributed by atoms with Crippen LogP contribution in [0.15, 0.2) is 47.2 Å². The lowest BCUT2D eigenvalue weighted by Crippen LogP contribution is -2.58. The fourth-order valence-electron chi connectivity index (χ4n) is 6.13. The van der Waals surface area contributed by atoms with Gasteiger partial charge in [-0.05, 0) is 65.5 Å². The summed E-state index contributed by atoms with van der Waals surface area (Å²) >= 11 is 0. The van der Waals surface area contributed by atoms with Crippen molar-refractivity contribution in [3.63, 3.8) is 0 Å². The van der Waals surface area contributed by atoms with Crippen LogP contribution in [-0.2, 0) is 20.8 Å². The number of aliphatic hydroxyl groups excluding tert-OH is 2. The summed E-state index contributed by atoms with van der Waals surface area (Å²) in [6.45, 7) is 5.89. The van der Waals surface area contributed by atoms with E-state index >= 15 is 0 Å². The number of primary amides is 1. The summed E-state index contributed by atoms with van der Waals surface area (Å²) in [5, 5.41) is 44.4. The van der Waals surface area contributed by atoms with Crippen LogP contribution in [0.25, 0.3) is 16.9 Å². The number of amides is 1. The Morgan fingerprint density at radius 3 is 2.32 bits per heavy atom.